The van der Waals surface area contributed by atoms with Crippen LogP contribution >= 0.6 is 11.6 Å². The molecule has 1 aliphatic heterocycles. The Bertz CT molecular complexity index is 240. The zero-order chi connectivity index (χ0) is 7.68. The van der Waals surface area contributed by atoms with E-state index in [-0.39, 0.29) is 0 Å². The summed E-state index contributed by atoms with van der Waals surface area (Å²) in [5.41, 5.74) is 1.03. The molecule has 1 unspecified atom stereocenters. The Morgan fingerprint density at radius 2 is 2.55 bits per heavy atom. The predicted octanol–water partition coefficient (Wildman–Crippen LogP) is 1.49. The van der Waals surface area contributed by atoms with Gasteiger partial charge in [-0.15, -0.1) is 0 Å². The fourth-order valence-electron chi connectivity index (χ4n) is 1.46. The van der Waals surface area contributed by atoms with Crippen molar-refractivity contribution in [2.45, 2.75) is 18.9 Å². The molecule has 0 aliphatic carbocycles. The van der Waals surface area contributed by atoms with E-state index in [0.29, 0.717) is 6.04 Å². The van der Waals surface area contributed by atoms with Crippen LogP contribution in [0.15, 0.2) is 6.20 Å². The molecular formula is C7H10ClN3. The fourth-order valence-corrected chi connectivity index (χ4v) is 1.68. The van der Waals surface area contributed by atoms with Gasteiger partial charge < -0.3 is 5.32 Å². The maximum absolute atomic E-state index is 5.89. The third-order valence-electron chi connectivity index (χ3n) is 2.03. The van der Waals surface area contributed by atoms with Gasteiger partial charge in [0.15, 0.2) is 0 Å². The Labute approximate surface area is 70.1 Å². The number of halogens is 1. The van der Waals surface area contributed by atoms with Crippen molar-refractivity contribution in [2.75, 3.05) is 6.54 Å². The number of nitrogens with zero attached hydrogens (tertiary/aromatic N) is 1. The average Bonchev–Trinajstić information content (AvgIpc) is 2.55. The first kappa shape index (κ1) is 7.13. The van der Waals surface area contributed by atoms with E-state index in [1.54, 1.807) is 6.20 Å². The van der Waals surface area contributed by atoms with Crippen LogP contribution in [0.2, 0.25) is 5.02 Å². The van der Waals surface area contributed by atoms with Gasteiger partial charge in [-0.2, -0.15) is 5.10 Å². The van der Waals surface area contributed by atoms with E-state index in [2.05, 4.69) is 15.5 Å². The van der Waals surface area contributed by atoms with Crippen molar-refractivity contribution in [3.8, 4) is 0 Å². The zero-order valence-electron chi connectivity index (χ0n) is 6.10. The summed E-state index contributed by atoms with van der Waals surface area (Å²) in [6.07, 6.45) is 4.03. The minimum absolute atomic E-state index is 0.394. The molecule has 1 aromatic heterocycles. The Kier molecular flexibility index (Phi) is 1.84. The molecular weight excluding hydrogens is 162 g/mol. The van der Waals surface area contributed by atoms with Crippen LogP contribution in [0, 0.1) is 0 Å². The van der Waals surface area contributed by atoms with E-state index >= 15 is 0 Å². The van der Waals surface area contributed by atoms with E-state index < -0.39 is 0 Å². The standard InChI is InChI=1S/C7H10ClN3/c8-5-4-10-11-7(5)6-2-1-3-9-6/h4,6,9H,1-3H2,(H,10,11). The molecule has 1 fully saturated rings. The average molecular weight is 172 g/mol. The molecule has 2 rings (SSSR count). The van der Waals surface area contributed by atoms with E-state index in [1.165, 1.54) is 6.42 Å². The molecule has 1 atom stereocenters. The molecule has 4 heteroatoms. The van der Waals surface area contributed by atoms with Gasteiger partial charge in [0.2, 0.25) is 0 Å². The van der Waals surface area contributed by atoms with Gasteiger partial charge >= 0.3 is 0 Å². The second kappa shape index (κ2) is 2.83. The zero-order valence-corrected chi connectivity index (χ0v) is 6.86. The van der Waals surface area contributed by atoms with Crippen LogP contribution < -0.4 is 5.32 Å². The highest BCUT2D eigenvalue weighted by atomic mass is 35.5. The number of nitrogens with one attached hydrogen (secondary N) is 2. The highest BCUT2D eigenvalue weighted by Gasteiger charge is 2.19. The highest BCUT2D eigenvalue weighted by molar-refractivity contribution is 6.31. The number of hydrogen-bond donors (Lipinski definition) is 2. The van der Waals surface area contributed by atoms with Gasteiger partial charge in [-0.05, 0) is 19.4 Å². The summed E-state index contributed by atoms with van der Waals surface area (Å²) in [4.78, 5) is 0. The monoisotopic (exact) mass is 171 g/mol. The number of hydrogen-bond acceptors (Lipinski definition) is 2. The lowest BCUT2D eigenvalue weighted by Crippen LogP contribution is -2.13. The molecule has 11 heavy (non-hydrogen) atoms. The Morgan fingerprint density at radius 1 is 1.64 bits per heavy atom. The second-order valence-electron chi connectivity index (χ2n) is 2.78. The van der Waals surface area contributed by atoms with Gasteiger partial charge in [0.05, 0.1) is 23.0 Å². The lowest BCUT2D eigenvalue weighted by molar-refractivity contribution is 0.625. The van der Waals surface area contributed by atoms with Crippen LogP contribution in [0.5, 0.6) is 0 Å². The summed E-state index contributed by atoms with van der Waals surface area (Å²) < 4.78 is 0. The number of rotatable bonds is 1. The maximum atomic E-state index is 5.89. The molecule has 60 valence electrons. The summed E-state index contributed by atoms with van der Waals surface area (Å²) in [7, 11) is 0. The first-order chi connectivity index (χ1) is 5.38. The maximum Gasteiger partial charge on any atom is 0.0831 e. The van der Waals surface area contributed by atoms with Crippen molar-refractivity contribution in [1.29, 1.82) is 0 Å². The molecule has 0 spiro atoms. The van der Waals surface area contributed by atoms with E-state index in [0.717, 1.165) is 23.7 Å². The Morgan fingerprint density at radius 3 is 3.09 bits per heavy atom. The molecule has 1 aliphatic rings. The van der Waals surface area contributed by atoms with Gasteiger partial charge in [-0.3, -0.25) is 5.10 Å². The summed E-state index contributed by atoms with van der Waals surface area (Å²) in [6.45, 7) is 1.08. The third-order valence-corrected chi connectivity index (χ3v) is 2.33. The van der Waals surface area contributed by atoms with Crippen LogP contribution in [0.25, 0.3) is 0 Å². The minimum Gasteiger partial charge on any atom is -0.309 e. The molecule has 1 aromatic rings. The first-order valence-electron chi connectivity index (χ1n) is 3.80. The van der Waals surface area contributed by atoms with Gasteiger partial charge in [-0.25, -0.2) is 0 Å². The van der Waals surface area contributed by atoms with Crippen LogP contribution in [0.3, 0.4) is 0 Å². The van der Waals surface area contributed by atoms with Crippen molar-refractivity contribution < 1.29 is 0 Å². The van der Waals surface area contributed by atoms with E-state index in [9.17, 15) is 0 Å². The van der Waals surface area contributed by atoms with Crippen LogP contribution in [0.1, 0.15) is 24.6 Å². The molecule has 3 nitrogen and oxygen atoms in total. The van der Waals surface area contributed by atoms with Crippen molar-refractivity contribution in [2.24, 2.45) is 0 Å². The molecule has 0 amide bonds. The Balaban J connectivity index is 2.21. The number of H-pyrrole nitrogens is 1. The van der Waals surface area contributed by atoms with E-state index in [1.807, 2.05) is 0 Å². The SMILES string of the molecule is Clc1cn[nH]c1C1CCCN1. The van der Waals surface area contributed by atoms with Crippen molar-refractivity contribution >= 4 is 11.6 Å². The Hall–Kier alpha value is -0.540. The van der Waals surface area contributed by atoms with E-state index in [4.69, 9.17) is 11.6 Å². The molecule has 2 N–H and O–H groups in total. The molecule has 0 saturated carbocycles. The lowest BCUT2D eigenvalue weighted by Gasteiger charge is -2.06. The summed E-state index contributed by atoms with van der Waals surface area (Å²) in [5, 5.41) is 10.9. The summed E-state index contributed by atoms with van der Waals surface area (Å²) in [6, 6.07) is 0.394. The predicted molar refractivity (Wildman–Crippen MR) is 43.6 cm³/mol. The summed E-state index contributed by atoms with van der Waals surface area (Å²) in [5.74, 6) is 0. The molecule has 0 aromatic carbocycles. The summed E-state index contributed by atoms with van der Waals surface area (Å²) >= 11 is 5.89. The first-order valence-corrected chi connectivity index (χ1v) is 4.18. The minimum atomic E-state index is 0.394. The van der Waals surface area contributed by atoms with Crippen molar-refractivity contribution in [3.05, 3.63) is 16.9 Å². The van der Waals surface area contributed by atoms with Gasteiger partial charge in [0.1, 0.15) is 0 Å². The van der Waals surface area contributed by atoms with Gasteiger partial charge in [-0.1, -0.05) is 11.6 Å². The quantitative estimate of drug-likeness (QED) is 0.672. The van der Waals surface area contributed by atoms with Crippen LogP contribution in [-0.2, 0) is 0 Å². The number of aromatic amines is 1. The molecule has 1 saturated heterocycles. The van der Waals surface area contributed by atoms with Crippen molar-refractivity contribution in [3.63, 3.8) is 0 Å². The van der Waals surface area contributed by atoms with Gasteiger partial charge in [0.25, 0.3) is 0 Å². The van der Waals surface area contributed by atoms with Gasteiger partial charge in [0, 0.05) is 0 Å². The normalized spacial score (nSPS) is 24.3. The largest absolute Gasteiger partial charge is 0.309 e. The molecule has 0 radical (unpaired) electrons. The van der Waals surface area contributed by atoms with Crippen molar-refractivity contribution in [1.82, 2.24) is 15.5 Å². The molecule has 0 bridgehead atoms. The topological polar surface area (TPSA) is 40.7 Å². The highest BCUT2D eigenvalue weighted by Crippen LogP contribution is 2.26. The van der Waals surface area contributed by atoms with Crippen LogP contribution in [-0.4, -0.2) is 16.7 Å². The smallest absolute Gasteiger partial charge is 0.0831 e. The second-order valence-corrected chi connectivity index (χ2v) is 3.19. The van der Waals surface area contributed by atoms with Crippen LogP contribution in [0.4, 0.5) is 0 Å². The third kappa shape index (κ3) is 1.26. The number of aromatic nitrogens is 2. The molecule has 2 heterocycles. The lowest BCUT2D eigenvalue weighted by atomic mass is 10.2. The fraction of sp³-hybridized carbons (Fsp3) is 0.571.